The Bertz CT molecular complexity index is 1270. The molecule has 4 aromatic rings. The Hall–Kier alpha value is -4.46. The predicted molar refractivity (Wildman–Crippen MR) is 119 cm³/mol. The van der Waals surface area contributed by atoms with Crippen LogP contribution in [0.5, 0.6) is 11.5 Å². The summed E-state index contributed by atoms with van der Waals surface area (Å²) in [5.41, 5.74) is 6.22. The number of ether oxygens (including phenoxy) is 2. The van der Waals surface area contributed by atoms with E-state index in [1.807, 2.05) is 54.7 Å². The molecule has 32 heavy (non-hydrogen) atoms. The van der Waals surface area contributed by atoms with Crippen LogP contribution in [0.4, 0.5) is 0 Å². The fourth-order valence-electron chi connectivity index (χ4n) is 3.34. The van der Waals surface area contributed by atoms with Gasteiger partial charge in [-0.1, -0.05) is 18.2 Å². The van der Waals surface area contributed by atoms with E-state index in [9.17, 15) is 4.79 Å². The van der Waals surface area contributed by atoms with Gasteiger partial charge in [0.15, 0.2) is 11.5 Å². The molecule has 2 aromatic heterocycles. The van der Waals surface area contributed by atoms with Crippen molar-refractivity contribution in [3.63, 3.8) is 0 Å². The monoisotopic (exact) mass is 425 g/mol. The molecule has 0 fully saturated rings. The van der Waals surface area contributed by atoms with Gasteiger partial charge >= 0.3 is 0 Å². The molecule has 0 saturated heterocycles. The van der Waals surface area contributed by atoms with Crippen LogP contribution in [0.1, 0.15) is 15.9 Å². The maximum absolute atomic E-state index is 12.3. The van der Waals surface area contributed by atoms with E-state index in [0.29, 0.717) is 36.0 Å². The number of para-hydroxylation sites is 1. The Kier molecular flexibility index (Phi) is 5.32. The third-order valence-corrected chi connectivity index (χ3v) is 4.89. The average molecular weight is 425 g/mol. The third kappa shape index (κ3) is 4.06. The van der Waals surface area contributed by atoms with Gasteiger partial charge in [-0.3, -0.25) is 9.78 Å². The van der Waals surface area contributed by atoms with Crippen molar-refractivity contribution < 1.29 is 14.3 Å². The summed E-state index contributed by atoms with van der Waals surface area (Å²) < 4.78 is 13.1. The van der Waals surface area contributed by atoms with E-state index < -0.39 is 0 Å². The first-order chi connectivity index (χ1) is 15.8. The maximum Gasteiger partial charge on any atom is 0.271 e. The molecule has 0 unspecified atom stereocenters. The van der Waals surface area contributed by atoms with Gasteiger partial charge in [0.25, 0.3) is 5.91 Å². The van der Waals surface area contributed by atoms with Crippen molar-refractivity contribution in [1.82, 2.24) is 20.2 Å². The topological polar surface area (TPSA) is 90.6 Å². The minimum absolute atomic E-state index is 0.319. The highest BCUT2D eigenvalue weighted by atomic mass is 16.6. The fourth-order valence-corrected chi connectivity index (χ4v) is 3.34. The number of hydrogen-bond acceptors (Lipinski definition) is 6. The second-order valence-electron chi connectivity index (χ2n) is 7.01. The number of pyridine rings is 1. The van der Waals surface area contributed by atoms with Crippen LogP contribution in [0.3, 0.4) is 0 Å². The molecule has 0 aliphatic carbocycles. The Balaban J connectivity index is 1.48. The van der Waals surface area contributed by atoms with Crippen LogP contribution in [0.25, 0.3) is 16.9 Å². The Morgan fingerprint density at radius 1 is 1.00 bits per heavy atom. The number of rotatable bonds is 5. The van der Waals surface area contributed by atoms with Gasteiger partial charge in [0, 0.05) is 35.3 Å². The summed E-state index contributed by atoms with van der Waals surface area (Å²) in [6, 6.07) is 18.7. The lowest BCUT2D eigenvalue weighted by molar-refractivity contribution is 0.0955. The van der Waals surface area contributed by atoms with E-state index in [-0.39, 0.29) is 5.91 Å². The van der Waals surface area contributed by atoms with Gasteiger partial charge in [-0.2, -0.15) is 10.2 Å². The van der Waals surface area contributed by atoms with Crippen LogP contribution >= 0.6 is 0 Å². The van der Waals surface area contributed by atoms with E-state index in [1.54, 1.807) is 35.4 Å². The first-order valence-corrected chi connectivity index (χ1v) is 10.1. The Labute approximate surface area is 184 Å². The van der Waals surface area contributed by atoms with Gasteiger partial charge in [0.05, 0.1) is 11.9 Å². The number of benzene rings is 2. The largest absolute Gasteiger partial charge is 0.486 e. The average Bonchev–Trinajstić information content (AvgIpc) is 3.29. The van der Waals surface area contributed by atoms with E-state index in [4.69, 9.17) is 14.6 Å². The normalized spacial score (nSPS) is 12.6. The number of carbonyl (C=O) groups is 1. The number of carbonyl (C=O) groups excluding carboxylic acids is 1. The fraction of sp³-hybridized carbons (Fsp3) is 0.0833. The predicted octanol–water partition coefficient (Wildman–Crippen LogP) is 3.47. The molecule has 1 aliphatic heterocycles. The maximum atomic E-state index is 12.3. The van der Waals surface area contributed by atoms with Gasteiger partial charge in [-0.15, -0.1) is 0 Å². The van der Waals surface area contributed by atoms with Gasteiger partial charge in [-0.05, 0) is 42.5 Å². The second-order valence-corrected chi connectivity index (χ2v) is 7.01. The zero-order valence-electron chi connectivity index (χ0n) is 17.0. The molecule has 0 bridgehead atoms. The van der Waals surface area contributed by atoms with Crippen molar-refractivity contribution in [3.05, 3.63) is 90.4 Å². The molecule has 8 heteroatoms. The zero-order valence-corrected chi connectivity index (χ0v) is 17.0. The van der Waals surface area contributed by atoms with E-state index in [1.165, 1.54) is 0 Å². The molecule has 8 nitrogen and oxygen atoms in total. The van der Waals surface area contributed by atoms with Crippen molar-refractivity contribution in [2.24, 2.45) is 5.10 Å². The molecular formula is C24H19N5O3. The highest BCUT2D eigenvalue weighted by molar-refractivity contribution is 5.95. The molecule has 158 valence electrons. The molecule has 3 heterocycles. The summed E-state index contributed by atoms with van der Waals surface area (Å²) in [5, 5.41) is 8.91. The van der Waals surface area contributed by atoms with Gasteiger partial charge in [-0.25, -0.2) is 10.1 Å². The smallest absolute Gasteiger partial charge is 0.271 e. The highest BCUT2D eigenvalue weighted by Crippen LogP contribution is 2.35. The lowest BCUT2D eigenvalue weighted by atomic mass is 10.1. The molecule has 2 aromatic carbocycles. The van der Waals surface area contributed by atoms with Gasteiger partial charge in [0.2, 0.25) is 0 Å². The first kappa shape index (κ1) is 19.5. The van der Waals surface area contributed by atoms with Crippen molar-refractivity contribution in [1.29, 1.82) is 0 Å². The SMILES string of the molecule is O=C(N/N=C/c1cn(-c2ccccc2)nc1-c1ccc2c(c1)OCCO2)c1ccncc1. The van der Waals surface area contributed by atoms with Gasteiger partial charge < -0.3 is 9.47 Å². The second kappa shape index (κ2) is 8.73. The summed E-state index contributed by atoms with van der Waals surface area (Å²) in [5.74, 6) is 1.07. The van der Waals surface area contributed by atoms with Crippen LogP contribution in [0.2, 0.25) is 0 Å². The number of hydrogen-bond donors (Lipinski definition) is 1. The van der Waals surface area contributed by atoms with E-state index in [0.717, 1.165) is 16.8 Å². The third-order valence-electron chi connectivity index (χ3n) is 4.89. The van der Waals surface area contributed by atoms with Crippen LogP contribution in [-0.4, -0.2) is 40.1 Å². The highest BCUT2D eigenvalue weighted by Gasteiger charge is 2.16. The lowest BCUT2D eigenvalue weighted by Crippen LogP contribution is -2.17. The Morgan fingerprint density at radius 3 is 2.59 bits per heavy atom. The molecule has 1 aliphatic rings. The van der Waals surface area contributed by atoms with E-state index >= 15 is 0 Å². The van der Waals surface area contributed by atoms with Crippen LogP contribution in [0.15, 0.2) is 84.4 Å². The molecular weight excluding hydrogens is 406 g/mol. The summed E-state index contributed by atoms with van der Waals surface area (Å²) in [4.78, 5) is 16.2. The van der Waals surface area contributed by atoms with Crippen molar-refractivity contribution in [3.8, 4) is 28.4 Å². The zero-order chi connectivity index (χ0) is 21.8. The molecule has 0 atom stereocenters. The van der Waals surface area contributed by atoms with Crippen molar-refractivity contribution in [2.75, 3.05) is 13.2 Å². The Morgan fingerprint density at radius 2 is 1.78 bits per heavy atom. The summed E-state index contributed by atoms with van der Waals surface area (Å²) >= 11 is 0. The van der Waals surface area contributed by atoms with Gasteiger partial charge in [0.1, 0.15) is 18.9 Å². The molecule has 1 amide bonds. The minimum Gasteiger partial charge on any atom is -0.486 e. The number of hydrazone groups is 1. The number of nitrogens with one attached hydrogen (secondary N) is 1. The first-order valence-electron chi connectivity index (χ1n) is 10.1. The number of amides is 1. The van der Waals surface area contributed by atoms with Crippen molar-refractivity contribution in [2.45, 2.75) is 0 Å². The molecule has 0 radical (unpaired) electrons. The molecule has 1 N–H and O–H groups in total. The quantitative estimate of drug-likeness (QED) is 0.391. The standard InChI is InChI=1S/C24H19N5O3/c30-24(17-8-10-25-11-9-17)27-26-15-19-16-29(20-4-2-1-3-5-20)28-23(19)18-6-7-21-22(14-18)32-13-12-31-21/h1-11,14-16H,12-13H2,(H,27,30)/b26-15+. The molecule has 5 rings (SSSR count). The summed E-state index contributed by atoms with van der Waals surface area (Å²) in [6.07, 6.45) is 6.56. The lowest BCUT2D eigenvalue weighted by Gasteiger charge is -2.18. The minimum atomic E-state index is -0.319. The van der Waals surface area contributed by atoms with Crippen LogP contribution in [-0.2, 0) is 0 Å². The van der Waals surface area contributed by atoms with Crippen molar-refractivity contribution >= 4 is 12.1 Å². The summed E-state index contributed by atoms with van der Waals surface area (Å²) in [6.45, 7) is 1.04. The van der Waals surface area contributed by atoms with Crippen LogP contribution in [0, 0.1) is 0 Å². The molecule has 0 saturated carbocycles. The van der Waals surface area contributed by atoms with Crippen LogP contribution < -0.4 is 14.9 Å². The number of nitrogens with zero attached hydrogens (tertiary/aromatic N) is 4. The number of fused-ring (bicyclic) bond motifs is 1. The summed E-state index contributed by atoms with van der Waals surface area (Å²) in [7, 11) is 0. The number of aromatic nitrogens is 3. The molecule has 0 spiro atoms. The van der Waals surface area contributed by atoms with E-state index in [2.05, 4.69) is 15.5 Å².